The molecule has 1 fully saturated rings. The van der Waals surface area contributed by atoms with E-state index in [9.17, 15) is 0 Å². The summed E-state index contributed by atoms with van der Waals surface area (Å²) in [4.78, 5) is 4.45. The minimum atomic E-state index is 0.377. The molecule has 96 valence electrons. The number of nitrogens with one attached hydrogen (secondary N) is 2. The SMILES string of the molecule is CNC(C)Cc1nc(CC2CCNCC2)no1. The third-order valence-electron chi connectivity index (χ3n) is 3.41. The monoisotopic (exact) mass is 238 g/mol. The van der Waals surface area contributed by atoms with Crippen molar-refractivity contribution in [3.05, 3.63) is 11.7 Å². The largest absolute Gasteiger partial charge is 0.339 e. The van der Waals surface area contributed by atoms with Crippen LogP contribution in [0.1, 0.15) is 31.5 Å². The van der Waals surface area contributed by atoms with Crippen molar-refractivity contribution in [2.75, 3.05) is 20.1 Å². The minimum Gasteiger partial charge on any atom is -0.339 e. The highest BCUT2D eigenvalue weighted by atomic mass is 16.5. The van der Waals surface area contributed by atoms with Gasteiger partial charge in [0, 0.05) is 18.9 Å². The molecule has 1 aromatic rings. The minimum absolute atomic E-state index is 0.377. The Hall–Kier alpha value is -0.940. The first kappa shape index (κ1) is 12.5. The molecule has 1 aliphatic heterocycles. The number of hydrogen-bond donors (Lipinski definition) is 2. The summed E-state index contributed by atoms with van der Waals surface area (Å²) >= 11 is 0. The number of likely N-dealkylation sites (N-methyl/N-ethyl adjacent to an activating group) is 1. The normalized spacial score (nSPS) is 19.4. The molecule has 5 heteroatoms. The lowest BCUT2D eigenvalue weighted by Gasteiger charge is -2.20. The van der Waals surface area contributed by atoms with Crippen LogP contribution in [0.4, 0.5) is 0 Å². The maximum atomic E-state index is 5.26. The second-order valence-corrected chi connectivity index (χ2v) is 4.90. The van der Waals surface area contributed by atoms with E-state index in [2.05, 4.69) is 27.7 Å². The van der Waals surface area contributed by atoms with Crippen molar-refractivity contribution in [3.63, 3.8) is 0 Å². The fourth-order valence-corrected chi connectivity index (χ4v) is 2.16. The number of nitrogens with zero attached hydrogens (tertiary/aromatic N) is 2. The van der Waals surface area contributed by atoms with E-state index in [0.717, 1.165) is 37.6 Å². The fourth-order valence-electron chi connectivity index (χ4n) is 2.16. The molecule has 1 atom stereocenters. The van der Waals surface area contributed by atoms with Crippen molar-refractivity contribution in [2.24, 2.45) is 5.92 Å². The Morgan fingerprint density at radius 2 is 2.24 bits per heavy atom. The van der Waals surface area contributed by atoms with Gasteiger partial charge < -0.3 is 15.2 Å². The van der Waals surface area contributed by atoms with E-state index < -0.39 is 0 Å². The van der Waals surface area contributed by atoms with Gasteiger partial charge in [0.15, 0.2) is 5.82 Å². The zero-order valence-corrected chi connectivity index (χ0v) is 10.7. The van der Waals surface area contributed by atoms with E-state index in [0.29, 0.717) is 12.0 Å². The van der Waals surface area contributed by atoms with Gasteiger partial charge in [-0.25, -0.2) is 0 Å². The summed E-state index contributed by atoms with van der Waals surface area (Å²) in [5.41, 5.74) is 0. The maximum Gasteiger partial charge on any atom is 0.228 e. The first-order valence-electron chi connectivity index (χ1n) is 6.47. The molecule has 2 N–H and O–H groups in total. The van der Waals surface area contributed by atoms with E-state index in [1.54, 1.807) is 0 Å². The molecular weight excluding hydrogens is 216 g/mol. The summed E-state index contributed by atoms with van der Waals surface area (Å²) in [5.74, 6) is 2.33. The van der Waals surface area contributed by atoms with Crippen LogP contribution in [0.3, 0.4) is 0 Å². The molecule has 0 aliphatic carbocycles. The number of piperidine rings is 1. The molecule has 0 saturated carbocycles. The molecule has 1 unspecified atom stereocenters. The van der Waals surface area contributed by atoms with Crippen molar-refractivity contribution >= 4 is 0 Å². The Bertz CT molecular complexity index is 333. The predicted octanol–water partition coefficient (Wildman–Crippen LogP) is 0.762. The molecule has 0 spiro atoms. The van der Waals surface area contributed by atoms with Crippen molar-refractivity contribution in [1.29, 1.82) is 0 Å². The molecule has 1 saturated heterocycles. The second kappa shape index (κ2) is 6.12. The quantitative estimate of drug-likeness (QED) is 0.793. The van der Waals surface area contributed by atoms with Gasteiger partial charge in [-0.15, -0.1) is 0 Å². The van der Waals surface area contributed by atoms with Gasteiger partial charge in [-0.3, -0.25) is 0 Å². The van der Waals surface area contributed by atoms with Crippen LogP contribution in [0.2, 0.25) is 0 Å². The Morgan fingerprint density at radius 1 is 1.47 bits per heavy atom. The lowest BCUT2D eigenvalue weighted by Crippen LogP contribution is -2.28. The summed E-state index contributed by atoms with van der Waals surface area (Å²) in [6.45, 7) is 4.34. The average Bonchev–Trinajstić information content (AvgIpc) is 2.77. The molecule has 17 heavy (non-hydrogen) atoms. The second-order valence-electron chi connectivity index (χ2n) is 4.90. The lowest BCUT2D eigenvalue weighted by atomic mass is 9.94. The van der Waals surface area contributed by atoms with Gasteiger partial charge in [-0.2, -0.15) is 4.98 Å². The summed E-state index contributed by atoms with van der Waals surface area (Å²) in [6.07, 6.45) is 4.20. The van der Waals surface area contributed by atoms with E-state index in [4.69, 9.17) is 4.52 Å². The van der Waals surface area contributed by atoms with Crippen LogP contribution in [0.15, 0.2) is 4.52 Å². The van der Waals surface area contributed by atoms with Crippen LogP contribution in [0.25, 0.3) is 0 Å². The third kappa shape index (κ3) is 3.78. The number of hydrogen-bond acceptors (Lipinski definition) is 5. The summed E-state index contributed by atoms with van der Waals surface area (Å²) in [5, 5.41) is 10.6. The molecule has 2 rings (SSSR count). The first-order valence-corrected chi connectivity index (χ1v) is 6.47. The van der Waals surface area contributed by atoms with Gasteiger partial charge in [0.2, 0.25) is 5.89 Å². The maximum absolute atomic E-state index is 5.26. The highest BCUT2D eigenvalue weighted by molar-refractivity contribution is 4.91. The number of rotatable bonds is 5. The van der Waals surface area contributed by atoms with E-state index in [1.165, 1.54) is 12.8 Å². The van der Waals surface area contributed by atoms with Crippen molar-refractivity contribution < 1.29 is 4.52 Å². The van der Waals surface area contributed by atoms with E-state index in [1.807, 2.05) is 7.05 Å². The van der Waals surface area contributed by atoms with Gasteiger partial charge in [0.25, 0.3) is 0 Å². The van der Waals surface area contributed by atoms with Crippen LogP contribution in [0, 0.1) is 5.92 Å². The van der Waals surface area contributed by atoms with Gasteiger partial charge in [0.05, 0.1) is 0 Å². The van der Waals surface area contributed by atoms with Crippen LogP contribution >= 0.6 is 0 Å². The van der Waals surface area contributed by atoms with Crippen molar-refractivity contribution in [2.45, 2.75) is 38.6 Å². The third-order valence-corrected chi connectivity index (χ3v) is 3.41. The van der Waals surface area contributed by atoms with Crippen LogP contribution < -0.4 is 10.6 Å². The van der Waals surface area contributed by atoms with Crippen molar-refractivity contribution in [1.82, 2.24) is 20.8 Å². The highest BCUT2D eigenvalue weighted by Crippen LogP contribution is 2.16. The van der Waals surface area contributed by atoms with Crippen LogP contribution in [-0.2, 0) is 12.8 Å². The van der Waals surface area contributed by atoms with Crippen molar-refractivity contribution in [3.8, 4) is 0 Å². The molecule has 5 nitrogen and oxygen atoms in total. The zero-order valence-electron chi connectivity index (χ0n) is 10.7. The Balaban J connectivity index is 1.84. The Kier molecular flexibility index (Phi) is 4.50. The lowest BCUT2D eigenvalue weighted by molar-refractivity contribution is 0.343. The van der Waals surface area contributed by atoms with Crippen LogP contribution in [0.5, 0.6) is 0 Å². The van der Waals surface area contributed by atoms with Gasteiger partial charge in [0.1, 0.15) is 0 Å². The first-order chi connectivity index (χ1) is 8.28. The fraction of sp³-hybridized carbons (Fsp3) is 0.833. The smallest absolute Gasteiger partial charge is 0.228 e. The molecule has 0 amide bonds. The molecule has 0 radical (unpaired) electrons. The Morgan fingerprint density at radius 3 is 2.94 bits per heavy atom. The zero-order chi connectivity index (χ0) is 12.1. The molecule has 1 aliphatic rings. The summed E-state index contributed by atoms with van der Waals surface area (Å²) in [6, 6.07) is 0.377. The molecule has 0 aromatic carbocycles. The molecular formula is C12H22N4O. The summed E-state index contributed by atoms with van der Waals surface area (Å²) < 4.78 is 5.26. The van der Waals surface area contributed by atoms with E-state index >= 15 is 0 Å². The molecule has 2 heterocycles. The van der Waals surface area contributed by atoms with Crippen LogP contribution in [-0.4, -0.2) is 36.3 Å². The van der Waals surface area contributed by atoms with E-state index in [-0.39, 0.29) is 0 Å². The van der Waals surface area contributed by atoms with Gasteiger partial charge in [-0.1, -0.05) is 5.16 Å². The average molecular weight is 238 g/mol. The number of aromatic nitrogens is 2. The Labute approximate surface area is 102 Å². The predicted molar refractivity (Wildman–Crippen MR) is 65.8 cm³/mol. The highest BCUT2D eigenvalue weighted by Gasteiger charge is 2.17. The molecule has 0 bridgehead atoms. The topological polar surface area (TPSA) is 63.0 Å². The standard InChI is InChI=1S/C12H22N4O/c1-9(13-2)7-12-15-11(16-17-12)8-10-3-5-14-6-4-10/h9-10,13-14H,3-8H2,1-2H3. The molecule has 1 aromatic heterocycles. The summed E-state index contributed by atoms with van der Waals surface area (Å²) in [7, 11) is 1.94. The van der Waals surface area contributed by atoms with Gasteiger partial charge in [-0.05, 0) is 45.8 Å². The van der Waals surface area contributed by atoms with Gasteiger partial charge >= 0.3 is 0 Å².